The van der Waals surface area contributed by atoms with Gasteiger partial charge in [0.1, 0.15) is 30.5 Å². The fourth-order valence-corrected chi connectivity index (χ4v) is 5.76. The van der Waals surface area contributed by atoms with E-state index >= 15 is 0 Å². The van der Waals surface area contributed by atoms with Crippen molar-refractivity contribution in [1.82, 2.24) is 21.3 Å². The van der Waals surface area contributed by atoms with Gasteiger partial charge in [0.15, 0.2) is 5.96 Å². The number of benzene rings is 4. The van der Waals surface area contributed by atoms with Gasteiger partial charge in [-0.25, -0.2) is 0 Å². The highest BCUT2D eigenvalue weighted by Gasteiger charge is 2.30. The molecule has 15 nitrogen and oxygen atoms in total. The highest BCUT2D eigenvalue weighted by Crippen LogP contribution is 2.21. The van der Waals surface area contributed by atoms with E-state index in [1.54, 1.807) is 78.9 Å². The number of hydrogen-bond acceptors (Lipinski definition) is 8. The third-order valence-electron chi connectivity index (χ3n) is 8.90. The summed E-state index contributed by atoms with van der Waals surface area (Å²) in [5, 5.41) is 11.3. The molecule has 12 N–H and O–H groups in total. The Morgan fingerprint density at radius 3 is 1.86 bits per heavy atom. The zero-order chi connectivity index (χ0) is 41.0. The quantitative estimate of drug-likeness (QED) is 0.0330. The van der Waals surface area contributed by atoms with Crippen molar-refractivity contribution < 1.29 is 28.7 Å². The second-order valence-corrected chi connectivity index (χ2v) is 13.3. The number of amides is 5. The van der Waals surface area contributed by atoms with Gasteiger partial charge in [-0.05, 0) is 91.7 Å². The van der Waals surface area contributed by atoms with Gasteiger partial charge in [0.05, 0.1) is 0 Å². The molecule has 0 bridgehead atoms. The third kappa shape index (κ3) is 14.4. The summed E-state index contributed by atoms with van der Waals surface area (Å²) >= 11 is 0. The number of carbonyl (C=O) groups excluding carboxylic acids is 5. The second-order valence-electron chi connectivity index (χ2n) is 13.3. The van der Waals surface area contributed by atoms with Gasteiger partial charge in [-0.15, -0.1) is 0 Å². The Balaban J connectivity index is 1.55. The number of rotatable bonds is 22. The highest BCUT2D eigenvalue weighted by molar-refractivity contribution is 5.99. The van der Waals surface area contributed by atoms with Crippen LogP contribution in [0.3, 0.4) is 0 Å². The van der Waals surface area contributed by atoms with Crippen molar-refractivity contribution >= 4 is 35.5 Å². The number of nitrogens with zero attached hydrogens (tertiary/aromatic N) is 1. The standard InChI is InChI=1S/C42H51N9O6/c43-24-8-7-14-34(50-39(54)35(15-9-25-47-42(45)46)49-38(53)32-12-5-2-6-13-32)40(55)51-36(41(56)48-26-28-16-18-31(19-17-28)37(44)52)30-20-22-33(23-21-30)57-27-29-10-3-1-4-11-29/h1-6,10-13,16-23,34-36H,7-9,14-15,24-27,43H2,(H2,44,52)(H,48,56)(H,49,53)(H,50,54)(H,51,55)(H4,45,46,47)/t34-,35-,36+/m0/s1. The maximum Gasteiger partial charge on any atom is 0.251 e. The van der Waals surface area contributed by atoms with E-state index in [2.05, 4.69) is 26.3 Å². The lowest BCUT2D eigenvalue weighted by Crippen LogP contribution is -2.55. The molecule has 3 atom stereocenters. The maximum atomic E-state index is 14.1. The molecule has 0 unspecified atom stereocenters. The second kappa shape index (κ2) is 22.6. The van der Waals surface area contributed by atoms with Crippen LogP contribution in [-0.2, 0) is 27.5 Å². The lowest BCUT2D eigenvalue weighted by atomic mass is 10.0. The minimum Gasteiger partial charge on any atom is -0.489 e. The molecular formula is C42H51N9O6. The van der Waals surface area contributed by atoms with Crippen molar-refractivity contribution in [3.63, 3.8) is 0 Å². The first kappa shape index (κ1) is 43.0. The molecule has 0 fully saturated rings. The van der Waals surface area contributed by atoms with Gasteiger partial charge in [0, 0.05) is 24.2 Å². The molecule has 0 saturated carbocycles. The van der Waals surface area contributed by atoms with Crippen LogP contribution >= 0.6 is 0 Å². The monoisotopic (exact) mass is 777 g/mol. The van der Waals surface area contributed by atoms with Gasteiger partial charge in [-0.2, -0.15) is 0 Å². The fourth-order valence-electron chi connectivity index (χ4n) is 5.76. The van der Waals surface area contributed by atoms with Gasteiger partial charge >= 0.3 is 0 Å². The number of hydrogen-bond donors (Lipinski definition) is 8. The first-order chi connectivity index (χ1) is 27.5. The molecule has 4 aromatic rings. The smallest absolute Gasteiger partial charge is 0.251 e. The zero-order valence-corrected chi connectivity index (χ0v) is 31.7. The number of primary amides is 1. The van der Waals surface area contributed by atoms with Crippen LogP contribution in [0.5, 0.6) is 5.75 Å². The van der Waals surface area contributed by atoms with Gasteiger partial charge in [0.2, 0.25) is 23.6 Å². The van der Waals surface area contributed by atoms with Gasteiger partial charge in [-0.1, -0.05) is 72.8 Å². The normalized spacial score (nSPS) is 12.2. The molecule has 5 amide bonds. The molecule has 0 aliphatic heterocycles. The molecule has 0 radical (unpaired) electrons. The highest BCUT2D eigenvalue weighted by atomic mass is 16.5. The van der Waals surface area contributed by atoms with Crippen LogP contribution in [0.4, 0.5) is 0 Å². The van der Waals surface area contributed by atoms with Crippen molar-refractivity contribution in [2.45, 2.75) is 63.4 Å². The molecule has 0 aliphatic carbocycles. The van der Waals surface area contributed by atoms with Crippen molar-refractivity contribution in [3.8, 4) is 5.75 Å². The maximum absolute atomic E-state index is 14.1. The summed E-state index contributed by atoms with van der Waals surface area (Å²) in [4.78, 5) is 70.5. The van der Waals surface area contributed by atoms with Crippen LogP contribution < -0.4 is 48.9 Å². The van der Waals surface area contributed by atoms with Crippen LogP contribution in [0.2, 0.25) is 0 Å². The van der Waals surface area contributed by atoms with E-state index in [0.717, 1.165) is 5.56 Å². The minimum atomic E-state index is -1.19. The first-order valence-corrected chi connectivity index (χ1v) is 18.7. The average molecular weight is 778 g/mol. The molecule has 0 aromatic heterocycles. The number of nitrogens with two attached hydrogens (primary N) is 4. The van der Waals surface area contributed by atoms with Gasteiger partial charge in [-0.3, -0.25) is 29.0 Å². The molecule has 0 spiro atoms. The molecule has 300 valence electrons. The Morgan fingerprint density at radius 2 is 1.23 bits per heavy atom. The third-order valence-corrected chi connectivity index (χ3v) is 8.90. The summed E-state index contributed by atoms with van der Waals surface area (Å²) < 4.78 is 5.93. The van der Waals surface area contributed by atoms with Crippen molar-refractivity contribution in [1.29, 1.82) is 0 Å². The Bertz CT molecular complexity index is 1940. The first-order valence-electron chi connectivity index (χ1n) is 18.7. The predicted molar refractivity (Wildman–Crippen MR) is 217 cm³/mol. The van der Waals surface area contributed by atoms with Crippen LogP contribution in [-0.4, -0.2) is 60.7 Å². The Labute approximate surface area is 332 Å². The molecule has 0 heterocycles. The molecule has 0 saturated heterocycles. The fraction of sp³-hybridized carbons (Fsp3) is 0.286. The average Bonchev–Trinajstić information content (AvgIpc) is 3.22. The molecule has 57 heavy (non-hydrogen) atoms. The zero-order valence-electron chi connectivity index (χ0n) is 31.7. The van der Waals surface area contributed by atoms with Crippen molar-refractivity contribution in [2.75, 3.05) is 13.1 Å². The number of nitrogens with one attached hydrogen (secondary N) is 4. The molecule has 4 rings (SSSR count). The number of unbranched alkanes of at least 4 members (excludes halogenated alkanes) is 1. The molecule has 4 aromatic carbocycles. The topological polar surface area (TPSA) is 259 Å². The number of aliphatic imine (C=N–C) groups is 1. The Kier molecular flexibility index (Phi) is 17.0. The lowest BCUT2D eigenvalue weighted by Gasteiger charge is -2.26. The predicted octanol–water partition coefficient (Wildman–Crippen LogP) is 2.30. The van der Waals surface area contributed by atoms with Crippen LogP contribution in [0.25, 0.3) is 0 Å². The molecular weight excluding hydrogens is 727 g/mol. The molecule has 15 heteroatoms. The van der Waals surface area contributed by atoms with Crippen molar-refractivity contribution in [2.24, 2.45) is 27.9 Å². The Hall–Kier alpha value is -6.74. The lowest BCUT2D eigenvalue weighted by molar-refractivity contribution is -0.133. The van der Waals surface area contributed by atoms with E-state index in [4.69, 9.17) is 27.7 Å². The van der Waals surface area contributed by atoms with Crippen molar-refractivity contribution in [3.05, 3.63) is 137 Å². The summed E-state index contributed by atoms with van der Waals surface area (Å²) in [5.41, 5.74) is 24.9. The van der Waals surface area contributed by atoms with Crippen LogP contribution in [0.15, 0.2) is 114 Å². The van der Waals surface area contributed by atoms with Gasteiger partial charge < -0.3 is 48.9 Å². The number of guanidine groups is 1. The van der Waals surface area contributed by atoms with E-state index in [9.17, 15) is 24.0 Å². The van der Waals surface area contributed by atoms with Gasteiger partial charge in [0.25, 0.3) is 5.91 Å². The summed E-state index contributed by atoms with van der Waals surface area (Å²) in [6.45, 7) is 1.01. The summed E-state index contributed by atoms with van der Waals surface area (Å²) in [6.07, 6.45) is 1.80. The SMILES string of the molecule is NCCCC[C@H](NC(=O)[C@H](CCCN=C(N)N)NC(=O)c1ccccc1)C(=O)N[C@@H](C(=O)NCc1ccc(C(N)=O)cc1)c1ccc(OCc2ccccc2)cc1. The van der Waals surface area contributed by atoms with Crippen LogP contribution in [0, 0.1) is 0 Å². The summed E-state index contributed by atoms with van der Waals surface area (Å²) in [5.74, 6) is -2.35. The number of carbonyl (C=O) groups is 5. The summed E-state index contributed by atoms with van der Waals surface area (Å²) in [7, 11) is 0. The van der Waals surface area contributed by atoms with E-state index in [0.29, 0.717) is 60.4 Å². The van der Waals surface area contributed by atoms with E-state index < -0.39 is 47.7 Å². The van der Waals surface area contributed by atoms with E-state index in [1.807, 2.05) is 30.3 Å². The minimum absolute atomic E-state index is 0.0851. The largest absolute Gasteiger partial charge is 0.489 e. The van der Waals surface area contributed by atoms with Crippen LogP contribution in [0.1, 0.15) is 75.6 Å². The number of ether oxygens (including phenoxy) is 1. The van der Waals surface area contributed by atoms with E-state index in [-0.39, 0.29) is 31.9 Å². The molecule has 0 aliphatic rings. The van der Waals surface area contributed by atoms with E-state index in [1.165, 1.54) is 0 Å². The Morgan fingerprint density at radius 1 is 0.614 bits per heavy atom. The summed E-state index contributed by atoms with van der Waals surface area (Å²) in [6, 6.07) is 28.0.